The Kier molecular flexibility index (Phi) is 10.8. The first-order chi connectivity index (χ1) is 17.1. The Hall–Kier alpha value is -2.36. The van der Waals surface area contributed by atoms with E-state index in [-0.39, 0.29) is 37.7 Å². The predicted molar refractivity (Wildman–Crippen MR) is 147 cm³/mol. The van der Waals surface area contributed by atoms with Crippen molar-refractivity contribution in [2.45, 2.75) is 65.1 Å². The lowest BCUT2D eigenvalue weighted by molar-refractivity contribution is -0.142. The molecule has 0 heterocycles. The first-order valence-electron chi connectivity index (χ1n) is 11.9. The van der Waals surface area contributed by atoms with Crippen molar-refractivity contribution in [1.29, 1.82) is 0 Å². The van der Waals surface area contributed by atoms with E-state index in [1.54, 1.807) is 18.2 Å². The molecule has 0 aromatic heterocycles. The molecule has 2 rings (SSSR count). The van der Waals surface area contributed by atoms with E-state index in [0.717, 1.165) is 10.6 Å². The minimum atomic E-state index is -3.67. The van der Waals surface area contributed by atoms with Crippen LogP contribution in [0.3, 0.4) is 0 Å². The average Bonchev–Trinajstić information content (AvgIpc) is 2.76. The Bertz CT molecular complexity index is 1200. The van der Waals surface area contributed by atoms with Gasteiger partial charge in [-0.25, -0.2) is 12.8 Å². The first-order valence-corrected chi connectivity index (χ1v) is 14.5. The lowest BCUT2D eigenvalue weighted by Crippen LogP contribution is -2.53. The van der Waals surface area contributed by atoms with Gasteiger partial charge in [0, 0.05) is 35.1 Å². The second-order valence-corrected chi connectivity index (χ2v) is 12.6. The minimum Gasteiger partial charge on any atom is -0.350 e. The van der Waals surface area contributed by atoms with Crippen LogP contribution >= 0.6 is 23.2 Å². The van der Waals surface area contributed by atoms with Crippen LogP contribution in [0.15, 0.2) is 42.5 Å². The molecule has 2 aromatic carbocycles. The maximum atomic E-state index is 13.5. The molecule has 204 valence electrons. The van der Waals surface area contributed by atoms with Gasteiger partial charge in [0.25, 0.3) is 0 Å². The maximum absolute atomic E-state index is 13.5. The summed E-state index contributed by atoms with van der Waals surface area (Å²) in [4.78, 5) is 28.1. The van der Waals surface area contributed by atoms with E-state index in [9.17, 15) is 22.4 Å². The van der Waals surface area contributed by atoms with E-state index in [2.05, 4.69) is 5.32 Å². The summed E-state index contributed by atoms with van der Waals surface area (Å²) in [6.07, 6.45) is 1.59. The number of nitrogens with zero attached hydrogens (tertiary/aromatic N) is 2. The van der Waals surface area contributed by atoms with Gasteiger partial charge in [-0.15, -0.1) is 0 Å². The Morgan fingerprint density at radius 3 is 2.22 bits per heavy atom. The van der Waals surface area contributed by atoms with Crippen molar-refractivity contribution in [2.75, 3.05) is 17.1 Å². The number of nitrogens with one attached hydrogen (secondary N) is 1. The highest BCUT2D eigenvalue weighted by molar-refractivity contribution is 7.92. The molecule has 0 saturated carbocycles. The lowest BCUT2D eigenvalue weighted by atomic mass is 10.0. The van der Waals surface area contributed by atoms with Gasteiger partial charge in [0.2, 0.25) is 21.8 Å². The third-order valence-electron chi connectivity index (χ3n) is 5.51. The Labute approximate surface area is 229 Å². The second-order valence-electron chi connectivity index (χ2n) is 9.84. The number of benzene rings is 2. The number of hydrogen-bond acceptors (Lipinski definition) is 4. The van der Waals surface area contributed by atoms with Gasteiger partial charge < -0.3 is 10.2 Å². The summed E-state index contributed by atoms with van der Waals surface area (Å²) < 4.78 is 39.2. The molecule has 0 saturated heterocycles. The average molecular weight is 575 g/mol. The smallest absolute Gasteiger partial charge is 0.243 e. The SMILES string of the molecule is CCC(C(=O)NC(C)(C)C)N(Cc1ccc(Cl)cc1Cl)C(=O)CCCN(c1ccc(F)cc1)S(C)(=O)=O. The molecule has 2 aromatic rings. The maximum Gasteiger partial charge on any atom is 0.243 e. The van der Waals surface area contributed by atoms with Crippen molar-refractivity contribution in [1.82, 2.24) is 10.2 Å². The molecule has 0 spiro atoms. The van der Waals surface area contributed by atoms with Gasteiger partial charge in [0.1, 0.15) is 11.9 Å². The molecule has 0 radical (unpaired) electrons. The normalized spacial score (nSPS) is 12.6. The number of carbonyl (C=O) groups excluding carboxylic acids is 2. The number of amides is 2. The zero-order chi connectivity index (χ0) is 28.0. The molecule has 37 heavy (non-hydrogen) atoms. The first kappa shape index (κ1) is 30.9. The summed E-state index contributed by atoms with van der Waals surface area (Å²) in [5.41, 5.74) is 0.435. The van der Waals surface area contributed by atoms with Crippen molar-refractivity contribution < 1.29 is 22.4 Å². The van der Waals surface area contributed by atoms with Gasteiger partial charge in [-0.2, -0.15) is 0 Å². The van der Waals surface area contributed by atoms with Crippen LogP contribution in [0.2, 0.25) is 10.0 Å². The quantitative estimate of drug-likeness (QED) is 0.390. The number of sulfonamides is 1. The van der Waals surface area contributed by atoms with Crippen LogP contribution in [-0.2, 0) is 26.2 Å². The van der Waals surface area contributed by atoms with Gasteiger partial charge in [0.05, 0.1) is 11.9 Å². The Balaban J connectivity index is 2.27. The Morgan fingerprint density at radius 1 is 1.08 bits per heavy atom. The number of rotatable bonds is 11. The number of hydrogen-bond donors (Lipinski definition) is 1. The second kappa shape index (κ2) is 12.9. The summed E-state index contributed by atoms with van der Waals surface area (Å²) in [5, 5.41) is 3.75. The lowest BCUT2D eigenvalue weighted by Gasteiger charge is -2.33. The fourth-order valence-electron chi connectivity index (χ4n) is 3.82. The molecule has 11 heteroatoms. The Morgan fingerprint density at radius 2 is 1.70 bits per heavy atom. The molecule has 7 nitrogen and oxygen atoms in total. The molecule has 1 N–H and O–H groups in total. The fourth-order valence-corrected chi connectivity index (χ4v) is 5.25. The van der Waals surface area contributed by atoms with E-state index in [1.807, 2.05) is 27.7 Å². The van der Waals surface area contributed by atoms with E-state index in [1.165, 1.54) is 29.2 Å². The standard InChI is InChI=1S/C26H34Cl2FN3O4S/c1-6-23(25(34)30-26(2,3)4)31(17-18-9-10-19(27)16-22(18)28)24(33)8-7-15-32(37(5,35)36)21-13-11-20(29)12-14-21/h9-14,16,23H,6-8,15,17H2,1-5H3,(H,30,34). The molecule has 0 bridgehead atoms. The van der Waals surface area contributed by atoms with Crippen molar-refractivity contribution in [3.05, 3.63) is 63.9 Å². The molecular formula is C26H34Cl2FN3O4S. The van der Waals surface area contributed by atoms with Crippen LogP contribution in [0.4, 0.5) is 10.1 Å². The topological polar surface area (TPSA) is 86.8 Å². The van der Waals surface area contributed by atoms with Gasteiger partial charge in [0.15, 0.2) is 0 Å². The van der Waals surface area contributed by atoms with E-state index < -0.39 is 27.4 Å². The van der Waals surface area contributed by atoms with Crippen LogP contribution in [0, 0.1) is 5.82 Å². The van der Waals surface area contributed by atoms with Crippen LogP contribution in [0.1, 0.15) is 52.5 Å². The molecule has 0 fully saturated rings. The van der Waals surface area contributed by atoms with E-state index in [4.69, 9.17) is 23.2 Å². The van der Waals surface area contributed by atoms with Crippen molar-refractivity contribution >= 4 is 50.7 Å². The van der Waals surface area contributed by atoms with Crippen molar-refractivity contribution in [3.63, 3.8) is 0 Å². The molecular weight excluding hydrogens is 540 g/mol. The number of carbonyl (C=O) groups is 2. The highest BCUT2D eigenvalue weighted by atomic mass is 35.5. The van der Waals surface area contributed by atoms with E-state index in [0.29, 0.717) is 27.7 Å². The summed E-state index contributed by atoms with van der Waals surface area (Å²) >= 11 is 12.4. The fraction of sp³-hybridized carbons (Fsp3) is 0.462. The zero-order valence-corrected chi connectivity index (χ0v) is 24.1. The molecule has 0 aliphatic heterocycles. The van der Waals surface area contributed by atoms with Crippen molar-refractivity contribution in [2.24, 2.45) is 0 Å². The highest BCUT2D eigenvalue weighted by Gasteiger charge is 2.31. The largest absolute Gasteiger partial charge is 0.350 e. The van der Waals surface area contributed by atoms with Crippen LogP contribution in [0.5, 0.6) is 0 Å². The van der Waals surface area contributed by atoms with Gasteiger partial charge in [-0.1, -0.05) is 36.2 Å². The van der Waals surface area contributed by atoms with Crippen molar-refractivity contribution in [3.8, 4) is 0 Å². The number of halogens is 3. The van der Waals surface area contributed by atoms with Gasteiger partial charge in [-0.3, -0.25) is 13.9 Å². The van der Waals surface area contributed by atoms with E-state index >= 15 is 0 Å². The molecule has 0 aliphatic carbocycles. The number of anilines is 1. The third kappa shape index (κ3) is 9.47. The molecule has 0 aliphatic rings. The molecule has 2 amide bonds. The van der Waals surface area contributed by atoms with Crippen LogP contribution in [-0.4, -0.2) is 49.5 Å². The van der Waals surface area contributed by atoms with Crippen LogP contribution < -0.4 is 9.62 Å². The zero-order valence-electron chi connectivity index (χ0n) is 21.7. The van der Waals surface area contributed by atoms with Gasteiger partial charge in [-0.05, 0) is 75.6 Å². The minimum absolute atomic E-state index is 0.0106. The summed E-state index contributed by atoms with van der Waals surface area (Å²) in [7, 11) is -3.67. The third-order valence-corrected chi connectivity index (χ3v) is 7.29. The monoisotopic (exact) mass is 573 g/mol. The van der Waals surface area contributed by atoms with Crippen LogP contribution in [0.25, 0.3) is 0 Å². The summed E-state index contributed by atoms with van der Waals surface area (Å²) in [5.74, 6) is -1.10. The summed E-state index contributed by atoms with van der Waals surface area (Å²) in [6, 6.07) is 9.28. The predicted octanol–water partition coefficient (Wildman–Crippen LogP) is 5.40. The molecule has 1 atom stereocenters. The molecule has 1 unspecified atom stereocenters. The summed E-state index contributed by atoms with van der Waals surface area (Å²) in [6.45, 7) is 7.48. The highest BCUT2D eigenvalue weighted by Crippen LogP contribution is 2.25. The van der Waals surface area contributed by atoms with Gasteiger partial charge >= 0.3 is 0 Å².